The zero-order chi connectivity index (χ0) is 30.0. The van der Waals surface area contributed by atoms with Gasteiger partial charge in [0.1, 0.15) is 30.3 Å². The number of nitrogens with zero attached hydrogens (tertiary/aromatic N) is 5. The number of fused-ring (bicyclic) bond motifs is 1. The number of nitrogens with one attached hydrogen (secondary N) is 2. The molecular formula is C29H39N7O4Si. The van der Waals surface area contributed by atoms with Crippen LogP contribution in [0.25, 0.3) is 11.3 Å². The second-order valence-corrected chi connectivity index (χ2v) is 16.8. The molecule has 3 heterocycles. The van der Waals surface area contributed by atoms with Crippen LogP contribution >= 0.6 is 0 Å². The molecule has 4 rings (SSSR count). The number of benzene rings is 1. The van der Waals surface area contributed by atoms with Crippen LogP contribution in [0.4, 0.5) is 17.3 Å². The predicted octanol–water partition coefficient (Wildman–Crippen LogP) is 5.71. The normalized spacial score (nSPS) is 17.0. The maximum absolute atomic E-state index is 10.0. The molecule has 41 heavy (non-hydrogen) atoms. The topological polar surface area (TPSA) is 139 Å². The largest absolute Gasteiger partial charge is 0.507 e. The fraction of sp³-hybridized carbons (Fsp3) is 0.448. The standard InChI is InChI=1S/C29H39N7O4Si/c1-28(2,3)41(7,8)40-18-29(4)17-32-25-20(13-30)11-19(12-22(25)29)23-9-10-31-27(34-23)35-24-14-33-36(26(24)39-6)15-21(37)16-38-5/h9-12,14,16,32,37H,15,17-18H2,1-8H3,(H,31,34,35)/b21-16-/t29-/m1/s1. The molecule has 0 fully saturated rings. The van der Waals surface area contributed by atoms with Gasteiger partial charge < -0.3 is 29.6 Å². The highest BCUT2D eigenvalue weighted by Gasteiger charge is 2.42. The second kappa shape index (κ2) is 11.4. The Morgan fingerprint density at radius 1 is 1.32 bits per heavy atom. The van der Waals surface area contributed by atoms with Crippen molar-refractivity contribution in [3.8, 4) is 23.2 Å². The highest BCUT2D eigenvalue weighted by Crippen LogP contribution is 2.44. The summed E-state index contributed by atoms with van der Waals surface area (Å²) >= 11 is 0. The highest BCUT2D eigenvalue weighted by molar-refractivity contribution is 6.74. The van der Waals surface area contributed by atoms with Gasteiger partial charge in [0, 0.05) is 30.3 Å². The number of allylic oxidation sites excluding steroid dienone is 1. The Labute approximate surface area is 242 Å². The summed E-state index contributed by atoms with van der Waals surface area (Å²) in [5.74, 6) is 0.709. The SMILES string of the molecule is CO/C=C(\O)Cn1ncc(Nc2nccc(-c3cc(C#N)c4c(c3)[C@@](C)(CO[Si](C)(C)C(C)(C)C)CN4)n2)c1OC. The molecule has 3 N–H and O–H groups in total. The number of hydrogen-bond donors (Lipinski definition) is 3. The number of nitriles is 1. The molecule has 0 aliphatic carbocycles. The number of rotatable bonds is 10. The van der Waals surface area contributed by atoms with E-state index in [0.29, 0.717) is 41.9 Å². The van der Waals surface area contributed by atoms with Gasteiger partial charge in [-0.25, -0.2) is 14.6 Å². The lowest BCUT2D eigenvalue weighted by Crippen LogP contribution is -2.45. The fourth-order valence-corrected chi connectivity index (χ4v) is 5.54. The predicted molar refractivity (Wildman–Crippen MR) is 161 cm³/mol. The maximum atomic E-state index is 10.0. The maximum Gasteiger partial charge on any atom is 0.236 e. The van der Waals surface area contributed by atoms with Gasteiger partial charge in [0.05, 0.1) is 37.4 Å². The van der Waals surface area contributed by atoms with E-state index in [1.807, 2.05) is 12.1 Å². The Balaban J connectivity index is 1.64. The Hall–Kier alpha value is -4.08. The van der Waals surface area contributed by atoms with Gasteiger partial charge in [-0.15, -0.1) is 0 Å². The first-order chi connectivity index (χ1) is 19.3. The lowest BCUT2D eigenvalue weighted by Gasteiger charge is -2.39. The number of ether oxygens (including phenoxy) is 2. The molecule has 2 aromatic heterocycles. The van der Waals surface area contributed by atoms with Crippen LogP contribution in [0.5, 0.6) is 5.88 Å². The monoisotopic (exact) mass is 577 g/mol. The molecule has 0 saturated heterocycles. The molecule has 0 unspecified atom stereocenters. The van der Waals surface area contributed by atoms with Crippen LogP contribution in [-0.2, 0) is 21.1 Å². The van der Waals surface area contributed by atoms with Crippen molar-refractivity contribution in [1.82, 2.24) is 19.7 Å². The quantitative estimate of drug-likeness (QED) is 0.203. The van der Waals surface area contributed by atoms with E-state index in [9.17, 15) is 10.4 Å². The molecule has 218 valence electrons. The van der Waals surface area contributed by atoms with E-state index in [1.165, 1.54) is 25.2 Å². The second-order valence-electron chi connectivity index (χ2n) is 12.0. The molecule has 1 aliphatic heterocycles. The summed E-state index contributed by atoms with van der Waals surface area (Å²) in [5.41, 5.74) is 4.16. The van der Waals surface area contributed by atoms with Crippen molar-refractivity contribution in [3.05, 3.63) is 53.7 Å². The minimum absolute atomic E-state index is 0.0141. The van der Waals surface area contributed by atoms with Crippen LogP contribution in [0, 0.1) is 11.3 Å². The lowest BCUT2D eigenvalue weighted by molar-refractivity contribution is 0.220. The van der Waals surface area contributed by atoms with Crippen LogP contribution in [-0.4, -0.2) is 60.5 Å². The first-order valence-corrected chi connectivity index (χ1v) is 16.3. The smallest absolute Gasteiger partial charge is 0.236 e. The summed E-state index contributed by atoms with van der Waals surface area (Å²) in [5, 5.41) is 31.0. The zero-order valence-corrected chi connectivity index (χ0v) is 26.0. The summed E-state index contributed by atoms with van der Waals surface area (Å²) in [6, 6.07) is 8.11. The molecule has 0 spiro atoms. The molecule has 3 aromatic rings. The van der Waals surface area contributed by atoms with E-state index in [1.54, 1.807) is 12.4 Å². The zero-order valence-electron chi connectivity index (χ0n) is 25.0. The molecule has 0 radical (unpaired) electrons. The summed E-state index contributed by atoms with van der Waals surface area (Å²) in [7, 11) is 1.00. The van der Waals surface area contributed by atoms with E-state index in [2.05, 4.69) is 73.6 Å². The third-order valence-corrected chi connectivity index (χ3v) is 12.3. The minimum Gasteiger partial charge on any atom is -0.507 e. The third kappa shape index (κ3) is 6.16. The van der Waals surface area contributed by atoms with Gasteiger partial charge in [0.25, 0.3) is 0 Å². The van der Waals surface area contributed by atoms with Gasteiger partial charge in [0.2, 0.25) is 11.8 Å². The first kappa shape index (κ1) is 29.9. The van der Waals surface area contributed by atoms with Crippen molar-refractivity contribution in [2.24, 2.45) is 0 Å². The Morgan fingerprint density at radius 2 is 2.07 bits per heavy atom. The van der Waals surface area contributed by atoms with Gasteiger partial charge >= 0.3 is 0 Å². The van der Waals surface area contributed by atoms with Crippen molar-refractivity contribution in [1.29, 1.82) is 5.26 Å². The summed E-state index contributed by atoms with van der Waals surface area (Å²) < 4.78 is 18.5. The molecule has 1 aromatic carbocycles. The summed E-state index contributed by atoms with van der Waals surface area (Å²) in [4.78, 5) is 9.10. The van der Waals surface area contributed by atoms with E-state index in [-0.39, 0.29) is 22.8 Å². The summed E-state index contributed by atoms with van der Waals surface area (Å²) in [6.45, 7) is 14.7. The molecule has 0 amide bonds. The first-order valence-electron chi connectivity index (χ1n) is 13.4. The number of anilines is 3. The van der Waals surface area contributed by atoms with Crippen LogP contribution < -0.4 is 15.4 Å². The van der Waals surface area contributed by atoms with Crippen molar-refractivity contribution in [2.75, 3.05) is 38.0 Å². The van der Waals surface area contributed by atoms with Crippen LogP contribution in [0.15, 0.2) is 42.6 Å². The van der Waals surface area contributed by atoms with Gasteiger partial charge in [-0.3, -0.25) is 0 Å². The van der Waals surface area contributed by atoms with E-state index in [0.717, 1.165) is 16.8 Å². The summed E-state index contributed by atoms with van der Waals surface area (Å²) in [6.07, 6.45) is 4.45. The number of aromatic nitrogens is 4. The van der Waals surface area contributed by atoms with E-state index in [4.69, 9.17) is 18.9 Å². The van der Waals surface area contributed by atoms with Gasteiger partial charge in [-0.05, 0) is 41.9 Å². The Kier molecular flexibility index (Phi) is 8.33. The molecule has 0 bridgehead atoms. The van der Waals surface area contributed by atoms with Crippen molar-refractivity contribution < 1.29 is 19.0 Å². The minimum atomic E-state index is -1.97. The fourth-order valence-electron chi connectivity index (χ4n) is 4.42. The number of aliphatic hydroxyl groups is 1. The Bertz CT molecular complexity index is 1490. The molecule has 0 saturated carbocycles. The average molecular weight is 578 g/mol. The van der Waals surface area contributed by atoms with Crippen molar-refractivity contribution in [2.45, 2.75) is 57.8 Å². The molecule has 1 atom stereocenters. The average Bonchev–Trinajstić information content (AvgIpc) is 3.46. The molecule has 11 nitrogen and oxygen atoms in total. The number of aliphatic hydroxyl groups excluding tert-OH is 1. The van der Waals surface area contributed by atoms with Crippen LogP contribution in [0.1, 0.15) is 38.8 Å². The van der Waals surface area contributed by atoms with Crippen LogP contribution in [0.3, 0.4) is 0 Å². The third-order valence-electron chi connectivity index (χ3n) is 7.87. The van der Waals surface area contributed by atoms with E-state index < -0.39 is 8.32 Å². The lowest BCUT2D eigenvalue weighted by atomic mass is 9.83. The van der Waals surface area contributed by atoms with Gasteiger partial charge in [-0.1, -0.05) is 27.7 Å². The molecule has 12 heteroatoms. The van der Waals surface area contributed by atoms with E-state index >= 15 is 0 Å². The van der Waals surface area contributed by atoms with Gasteiger partial charge in [-0.2, -0.15) is 10.4 Å². The molecular weight excluding hydrogens is 538 g/mol. The number of methoxy groups -OCH3 is 2. The van der Waals surface area contributed by atoms with Crippen molar-refractivity contribution in [3.63, 3.8) is 0 Å². The van der Waals surface area contributed by atoms with Crippen molar-refractivity contribution >= 4 is 25.6 Å². The van der Waals surface area contributed by atoms with Crippen LogP contribution in [0.2, 0.25) is 18.1 Å². The van der Waals surface area contributed by atoms with Gasteiger partial charge in [0.15, 0.2) is 8.32 Å². The molecule has 1 aliphatic rings. The highest BCUT2D eigenvalue weighted by atomic mass is 28.4. The Morgan fingerprint density at radius 3 is 2.73 bits per heavy atom. The number of hydrogen-bond acceptors (Lipinski definition) is 10.